The fourth-order valence-electron chi connectivity index (χ4n) is 0.255. The molecule has 0 aromatic carbocycles. The van der Waals surface area contributed by atoms with Gasteiger partial charge in [-0.25, -0.2) is 0 Å². The van der Waals surface area contributed by atoms with E-state index in [1.165, 1.54) is 0 Å². The van der Waals surface area contributed by atoms with Crippen molar-refractivity contribution < 1.29 is 5.48 Å². The zero-order valence-corrected chi connectivity index (χ0v) is 3.64. The van der Waals surface area contributed by atoms with Gasteiger partial charge in [0.1, 0.15) is 0 Å². The highest BCUT2D eigenvalue weighted by atomic mass is 32.2. The van der Waals surface area contributed by atoms with Gasteiger partial charge < -0.3 is 0 Å². The molecule has 0 unspecified atom stereocenters. The molecule has 0 aromatic heterocycles. The van der Waals surface area contributed by atoms with Crippen molar-refractivity contribution in [3.63, 3.8) is 0 Å². The molecule has 0 aliphatic carbocycles. The quantitative estimate of drug-likeness (QED) is 0.436. The van der Waals surface area contributed by atoms with Crippen molar-refractivity contribution >= 4 is 11.8 Å². The van der Waals surface area contributed by atoms with Crippen LogP contribution in [-0.4, -0.2) is 11.4 Å². The summed E-state index contributed by atoms with van der Waals surface area (Å²) >= 11 is 0.792. The molecule has 1 aliphatic heterocycles. The Bertz CT molecular complexity index is 108. The van der Waals surface area contributed by atoms with Gasteiger partial charge in [-0.15, -0.1) is 0 Å². The molecule has 5 heavy (non-hydrogen) atoms. The fourth-order valence-corrected chi connectivity index (χ4v) is 0.765. The zero-order chi connectivity index (χ0) is 7.12. The third-order valence-corrected chi connectivity index (χ3v) is 1.17. The highest BCUT2D eigenvalue weighted by Crippen LogP contribution is 2.14. The molecule has 0 atom stereocenters. The normalized spacial score (nSPS) is 56.0. The molecule has 1 heteroatoms. The molecule has 30 valence electrons. The van der Waals surface area contributed by atoms with Crippen molar-refractivity contribution in [1.82, 2.24) is 0 Å². The molecule has 0 N–H and O–H groups in total. The minimum absolute atomic E-state index is 0.338. The molecule has 0 spiro atoms. The van der Waals surface area contributed by atoms with E-state index in [4.69, 9.17) is 5.48 Å². The Kier molecular flexibility index (Phi) is 0.395. The monoisotopic (exact) mass is 92.1 g/mol. The van der Waals surface area contributed by atoms with E-state index < -0.39 is 11.4 Å². The maximum Gasteiger partial charge on any atom is 0.0380 e. The Labute approximate surface area is 42.6 Å². The Morgan fingerprint density at radius 3 is 2.20 bits per heavy atom. The minimum atomic E-state index is -1.33. The zero-order valence-electron chi connectivity index (χ0n) is 6.82. The maximum absolute atomic E-state index is 7.13. The van der Waals surface area contributed by atoms with E-state index in [0.29, 0.717) is 12.8 Å². The van der Waals surface area contributed by atoms with Crippen LogP contribution < -0.4 is 0 Å². The molecule has 1 heterocycles. The van der Waals surface area contributed by atoms with Gasteiger partial charge in [-0.1, -0.05) is 0 Å². The van der Waals surface area contributed by atoms with Crippen LogP contribution >= 0.6 is 11.8 Å². The lowest BCUT2D eigenvalue weighted by molar-refractivity contribution is 0.949. The van der Waals surface area contributed by atoms with Crippen molar-refractivity contribution in [2.24, 2.45) is 0 Å². The summed E-state index contributed by atoms with van der Waals surface area (Å²) in [4.78, 5) is 0. The van der Waals surface area contributed by atoms with E-state index >= 15 is 0 Å². The van der Waals surface area contributed by atoms with Gasteiger partial charge in [-0.05, 0) is 24.3 Å². The molecule has 0 aromatic rings. The van der Waals surface area contributed by atoms with Gasteiger partial charge in [0.2, 0.25) is 0 Å². The van der Waals surface area contributed by atoms with E-state index in [2.05, 4.69) is 0 Å². The summed E-state index contributed by atoms with van der Waals surface area (Å²) < 4.78 is 28.5. The molecule has 0 radical (unpaired) electrons. The largest absolute Gasteiger partial charge is 0.162 e. The highest BCUT2D eigenvalue weighted by Gasteiger charge is 1.95. The molecule has 1 saturated heterocycles. The van der Waals surface area contributed by atoms with Crippen molar-refractivity contribution in [2.45, 2.75) is 12.8 Å². The Hall–Kier alpha value is 0.350. The number of hydrogen-bond donors (Lipinski definition) is 0. The predicted molar refractivity (Wildman–Crippen MR) is 26.6 cm³/mol. The molecular weight excluding hydrogens is 80.1 g/mol. The fraction of sp³-hybridized carbons (Fsp3) is 1.00. The summed E-state index contributed by atoms with van der Waals surface area (Å²) in [5.74, 6) is 0. The minimum Gasteiger partial charge on any atom is -0.162 e. The SMILES string of the molecule is [2H]C1([2H])CCC([2H])([2H])S1. The summed E-state index contributed by atoms with van der Waals surface area (Å²) in [7, 11) is 0. The number of rotatable bonds is 0. The van der Waals surface area contributed by atoms with Crippen LogP contribution in [0.3, 0.4) is 0 Å². The summed E-state index contributed by atoms with van der Waals surface area (Å²) in [5.41, 5.74) is -2.66. The van der Waals surface area contributed by atoms with Crippen LogP contribution in [0.25, 0.3) is 0 Å². The summed E-state index contributed by atoms with van der Waals surface area (Å²) in [5, 5.41) is 0. The van der Waals surface area contributed by atoms with E-state index in [1.54, 1.807) is 0 Å². The predicted octanol–water partition coefficient (Wildman–Crippen LogP) is 1.51. The van der Waals surface area contributed by atoms with Crippen LogP contribution in [0.4, 0.5) is 0 Å². The molecule has 1 aliphatic rings. The van der Waals surface area contributed by atoms with Crippen LogP contribution in [0.1, 0.15) is 18.3 Å². The average Bonchev–Trinajstić information content (AvgIpc) is 1.78. The van der Waals surface area contributed by atoms with Crippen LogP contribution in [0.2, 0.25) is 0 Å². The van der Waals surface area contributed by atoms with Gasteiger partial charge in [-0.2, -0.15) is 11.8 Å². The number of hydrogen-bond acceptors (Lipinski definition) is 1. The topological polar surface area (TPSA) is 0 Å². The first-order valence-electron chi connectivity index (χ1n) is 3.62. The van der Waals surface area contributed by atoms with E-state index in [-0.39, 0.29) is 0 Å². The van der Waals surface area contributed by atoms with Gasteiger partial charge >= 0.3 is 0 Å². The third-order valence-electron chi connectivity index (χ3n) is 0.473. The molecule has 1 fully saturated rings. The lowest BCUT2D eigenvalue weighted by Crippen LogP contribution is -1.58. The first-order chi connectivity index (χ1) is 3.91. The summed E-state index contributed by atoms with van der Waals surface area (Å²) in [6.07, 6.45) is 0.676. The van der Waals surface area contributed by atoms with Crippen molar-refractivity contribution in [2.75, 3.05) is 11.4 Å². The van der Waals surface area contributed by atoms with Crippen molar-refractivity contribution in [3.05, 3.63) is 0 Å². The molecule has 0 nitrogen and oxygen atoms in total. The molecule has 0 bridgehead atoms. The molecule has 1 rings (SSSR count). The van der Waals surface area contributed by atoms with Crippen LogP contribution in [0, 0.1) is 0 Å². The molecule has 0 saturated carbocycles. The van der Waals surface area contributed by atoms with Crippen molar-refractivity contribution in [3.8, 4) is 0 Å². The second kappa shape index (κ2) is 1.71. The van der Waals surface area contributed by atoms with Crippen LogP contribution in [0.15, 0.2) is 0 Å². The lowest BCUT2D eigenvalue weighted by atomic mass is 10.4. The molecule has 0 amide bonds. The highest BCUT2D eigenvalue weighted by molar-refractivity contribution is 7.99. The first-order valence-corrected chi connectivity index (χ1v) is 2.43. The second-order valence-electron chi connectivity index (χ2n) is 0.891. The first kappa shape index (κ1) is 1.16. The maximum atomic E-state index is 7.13. The number of thioether (sulfide) groups is 1. The molecular formula is C4H8S. The van der Waals surface area contributed by atoms with Crippen LogP contribution in [-0.2, 0) is 0 Å². The lowest BCUT2D eigenvalue weighted by Gasteiger charge is -1.69. The van der Waals surface area contributed by atoms with E-state index in [1.807, 2.05) is 0 Å². The van der Waals surface area contributed by atoms with Gasteiger partial charge in [0.05, 0.1) is 0 Å². The second-order valence-corrected chi connectivity index (χ2v) is 1.67. The van der Waals surface area contributed by atoms with Gasteiger partial charge in [0.25, 0.3) is 0 Å². The Morgan fingerprint density at radius 2 is 2.00 bits per heavy atom. The summed E-state index contributed by atoms with van der Waals surface area (Å²) in [6.45, 7) is 0. The van der Waals surface area contributed by atoms with E-state index in [9.17, 15) is 0 Å². The van der Waals surface area contributed by atoms with Gasteiger partial charge in [0.15, 0.2) is 0 Å². The van der Waals surface area contributed by atoms with Crippen LogP contribution in [0.5, 0.6) is 0 Å². The summed E-state index contributed by atoms with van der Waals surface area (Å²) in [6, 6.07) is 0. The Morgan fingerprint density at radius 1 is 1.40 bits per heavy atom. The smallest absolute Gasteiger partial charge is 0.0380 e. The Balaban J connectivity index is 2.58. The van der Waals surface area contributed by atoms with Gasteiger partial charge in [-0.3, -0.25) is 0 Å². The third kappa shape index (κ3) is 0.839. The average molecular weight is 92.2 g/mol. The van der Waals surface area contributed by atoms with Gasteiger partial charge in [0, 0.05) is 5.48 Å². The standard InChI is InChI=1S/C4H8S/c1-2-4-5-3-1/h1-4H2/i3D2,4D2. The van der Waals surface area contributed by atoms with Crippen molar-refractivity contribution in [1.29, 1.82) is 0 Å². The van der Waals surface area contributed by atoms with E-state index in [0.717, 1.165) is 11.8 Å².